The second kappa shape index (κ2) is 7.54. The first-order valence-corrected chi connectivity index (χ1v) is 7.15. The molecule has 0 bridgehead atoms. The molecule has 0 fully saturated rings. The van der Waals surface area contributed by atoms with Gasteiger partial charge < -0.3 is 15.4 Å². The van der Waals surface area contributed by atoms with Gasteiger partial charge in [0, 0.05) is 18.7 Å². The van der Waals surface area contributed by atoms with Gasteiger partial charge in [0.25, 0.3) is 5.91 Å². The lowest BCUT2D eigenvalue weighted by atomic mass is 10.2. The van der Waals surface area contributed by atoms with Crippen molar-refractivity contribution < 1.29 is 23.1 Å². The van der Waals surface area contributed by atoms with Crippen LogP contribution in [-0.2, 0) is 9.59 Å². The van der Waals surface area contributed by atoms with Crippen LogP contribution in [0, 0.1) is 11.6 Å². The third-order valence-electron chi connectivity index (χ3n) is 3.04. The average molecular weight is 334 g/mol. The number of benzene rings is 2. The molecule has 0 radical (unpaired) electrons. The van der Waals surface area contributed by atoms with Gasteiger partial charge in [-0.1, -0.05) is 0 Å². The van der Waals surface area contributed by atoms with Gasteiger partial charge in [-0.3, -0.25) is 9.59 Å². The Labute approximate surface area is 137 Å². The minimum atomic E-state index is -0.931. The van der Waals surface area contributed by atoms with Gasteiger partial charge in [-0.25, -0.2) is 8.78 Å². The minimum absolute atomic E-state index is 0.200. The molecule has 0 aromatic heterocycles. The number of ether oxygens (including phenoxy) is 1. The summed E-state index contributed by atoms with van der Waals surface area (Å²) in [4.78, 5) is 22.9. The number of hydrogen-bond donors (Lipinski definition) is 2. The smallest absolute Gasteiger partial charge is 0.265 e. The number of carbonyl (C=O) groups excluding carboxylic acids is 2. The first-order valence-electron chi connectivity index (χ1n) is 7.15. The average Bonchev–Trinajstić information content (AvgIpc) is 2.52. The van der Waals surface area contributed by atoms with E-state index in [1.165, 1.54) is 13.8 Å². The molecule has 5 nitrogen and oxygen atoms in total. The Bertz CT molecular complexity index is 748. The van der Waals surface area contributed by atoms with E-state index in [4.69, 9.17) is 4.74 Å². The molecule has 2 N–H and O–H groups in total. The molecule has 0 saturated carbocycles. The molecule has 0 aliphatic heterocycles. The second-order valence-electron chi connectivity index (χ2n) is 5.08. The Morgan fingerprint density at radius 3 is 2.33 bits per heavy atom. The molecule has 7 heteroatoms. The highest BCUT2D eigenvalue weighted by Gasteiger charge is 2.17. The van der Waals surface area contributed by atoms with Crippen molar-refractivity contribution in [2.75, 3.05) is 10.6 Å². The van der Waals surface area contributed by atoms with Gasteiger partial charge in [-0.05, 0) is 43.3 Å². The zero-order valence-corrected chi connectivity index (χ0v) is 13.1. The summed E-state index contributed by atoms with van der Waals surface area (Å²) in [6.07, 6.45) is -0.931. The van der Waals surface area contributed by atoms with E-state index in [-0.39, 0.29) is 11.6 Å². The van der Waals surface area contributed by atoms with Crippen molar-refractivity contribution in [3.63, 3.8) is 0 Å². The Hall–Kier alpha value is -2.96. The van der Waals surface area contributed by atoms with E-state index in [1.807, 2.05) is 0 Å². The normalized spacial score (nSPS) is 11.5. The zero-order chi connectivity index (χ0) is 17.7. The van der Waals surface area contributed by atoms with Crippen molar-refractivity contribution >= 4 is 23.2 Å². The lowest BCUT2D eigenvalue weighted by molar-refractivity contribution is -0.122. The summed E-state index contributed by atoms with van der Waals surface area (Å²) in [7, 11) is 0. The quantitative estimate of drug-likeness (QED) is 0.881. The maximum atomic E-state index is 13.5. The molecule has 126 valence electrons. The van der Waals surface area contributed by atoms with Gasteiger partial charge in [0.2, 0.25) is 5.91 Å². The Kier molecular flexibility index (Phi) is 5.47. The minimum Gasteiger partial charge on any atom is -0.481 e. The molecule has 0 aliphatic rings. The van der Waals surface area contributed by atoms with Crippen molar-refractivity contribution in [3.8, 4) is 5.75 Å². The molecule has 2 rings (SSSR count). The maximum absolute atomic E-state index is 13.5. The van der Waals surface area contributed by atoms with E-state index < -0.39 is 23.6 Å². The molecule has 0 heterocycles. The first-order chi connectivity index (χ1) is 11.3. The van der Waals surface area contributed by atoms with Crippen LogP contribution in [0.25, 0.3) is 0 Å². The number of amides is 2. The van der Waals surface area contributed by atoms with E-state index in [1.54, 1.807) is 24.3 Å². The summed E-state index contributed by atoms with van der Waals surface area (Å²) >= 11 is 0. The monoisotopic (exact) mass is 334 g/mol. The van der Waals surface area contributed by atoms with Crippen LogP contribution in [0.1, 0.15) is 13.8 Å². The maximum Gasteiger partial charge on any atom is 0.265 e. The standard InChI is InChI=1S/C17H16F2N2O3/c1-10(17(23)21-16-9-12(18)3-8-15(16)19)24-14-6-4-13(5-7-14)20-11(2)22/h3-10H,1-2H3,(H,20,22)(H,21,23)/t10-/m0/s1. The molecule has 0 spiro atoms. The van der Waals surface area contributed by atoms with Crippen LogP contribution in [0.15, 0.2) is 42.5 Å². The molecule has 1 atom stereocenters. The summed E-state index contributed by atoms with van der Waals surface area (Å²) in [6.45, 7) is 2.87. The van der Waals surface area contributed by atoms with Crippen molar-refractivity contribution in [2.24, 2.45) is 0 Å². The number of carbonyl (C=O) groups is 2. The van der Waals surface area contributed by atoms with Crippen LogP contribution >= 0.6 is 0 Å². The summed E-state index contributed by atoms with van der Waals surface area (Å²) in [5.74, 6) is -1.82. The van der Waals surface area contributed by atoms with Gasteiger partial charge in [-0.15, -0.1) is 0 Å². The summed E-state index contributed by atoms with van der Waals surface area (Å²) < 4.78 is 32.0. The van der Waals surface area contributed by atoms with Gasteiger partial charge in [0.15, 0.2) is 6.10 Å². The topological polar surface area (TPSA) is 67.4 Å². The number of halogens is 2. The summed E-state index contributed by atoms with van der Waals surface area (Å²) in [5, 5.41) is 4.87. The lowest BCUT2D eigenvalue weighted by Crippen LogP contribution is -2.30. The van der Waals surface area contributed by atoms with Gasteiger partial charge >= 0.3 is 0 Å². The van der Waals surface area contributed by atoms with E-state index in [0.29, 0.717) is 11.4 Å². The van der Waals surface area contributed by atoms with Gasteiger partial charge in [0.05, 0.1) is 5.69 Å². The van der Waals surface area contributed by atoms with Crippen LogP contribution in [0.3, 0.4) is 0 Å². The summed E-state index contributed by atoms with van der Waals surface area (Å²) in [5.41, 5.74) is 0.338. The molecule has 0 saturated heterocycles. The molecule has 2 aromatic rings. The highest BCUT2D eigenvalue weighted by molar-refractivity contribution is 5.94. The lowest BCUT2D eigenvalue weighted by Gasteiger charge is -2.15. The van der Waals surface area contributed by atoms with Crippen molar-refractivity contribution in [2.45, 2.75) is 20.0 Å². The number of anilines is 2. The Balaban J connectivity index is 1.98. The summed E-state index contributed by atoms with van der Waals surface area (Å²) in [6, 6.07) is 9.18. The van der Waals surface area contributed by atoms with Crippen LogP contribution in [-0.4, -0.2) is 17.9 Å². The van der Waals surface area contributed by atoms with Crippen LogP contribution in [0.2, 0.25) is 0 Å². The van der Waals surface area contributed by atoms with Crippen LogP contribution in [0.5, 0.6) is 5.75 Å². The SMILES string of the molecule is CC(=O)Nc1ccc(O[C@@H](C)C(=O)Nc2cc(F)ccc2F)cc1. The Morgan fingerprint density at radius 1 is 1.04 bits per heavy atom. The van der Waals surface area contributed by atoms with E-state index in [2.05, 4.69) is 10.6 Å². The van der Waals surface area contributed by atoms with Gasteiger partial charge in [0.1, 0.15) is 17.4 Å². The van der Waals surface area contributed by atoms with Crippen molar-refractivity contribution in [1.29, 1.82) is 0 Å². The Morgan fingerprint density at radius 2 is 1.71 bits per heavy atom. The van der Waals surface area contributed by atoms with E-state index >= 15 is 0 Å². The fourth-order valence-corrected chi connectivity index (χ4v) is 1.91. The number of hydrogen-bond acceptors (Lipinski definition) is 3. The van der Waals surface area contributed by atoms with Gasteiger partial charge in [-0.2, -0.15) is 0 Å². The van der Waals surface area contributed by atoms with Crippen LogP contribution in [0.4, 0.5) is 20.2 Å². The fourth-order valence-electron chi connectivity index (χ4n) is 1.91. The van der Waals surface area contributed by atoms with E-state index in [9.17, 15) is 18.4 Å². The van der Waals surface area contributed by atoms with Crippen molar-refractivity contribution in [1.82, 2.24) is 0 Å². The molecular formula is C17H16F2N2O3. The molecule has 0 unspecified atom stereocenters. The molecule has 24 heavy (non-hydrogen) atoms. The molecular weight excluding hydrogens is 318 g/mol. The third-order valence-corrected chi connectivity index (χ3v) is 3.04. The first kappa shape index (κ1) is 17.4. The molecule has 2 amide bonds. The second-order valence-corrected chi connectivity index (χ2v) is 5.08. The molecule has 0 aliphatic carbocycles. The highest BCUT2D eigenvalue weighted by atomic mass is 19.1. The van der Waals surface area contributed by atoms with E-state index in [0.717, 1.165) is 18.2 Å². The zero-order valence-electron chi connectivity index (χ0n) is 13.1. The third kappa shape index (κ3) is 4.77. The number of rotatable bonds is 5. The fraction of sp³-hybridized carbons (Fsp3) is 0.176. The largest absolute Gasteiger partial charge is 0.481 e. The van der Waals surface area contributed by atoms with Crippen molar-refractivity contribution in [3.05, 3.63) is 54.1 Å². The highest BCUT2D eigenvalue weighted by Crippen LogP contribution is 2.19. The number of nitrogens with one attached hydrogen (secondary N) is 2. The van der Waals surface area contributed by atoms with Crippen LogP contribution < -0.4 is 15.4 Å². The predicted molar refractivity (Wildman–Crippen MR) is 85.8 cm³/mol. The molecule has 2 aromatic carbocycles. The predicted octanol–water partition coefficient (Wildman–Crippen LogP) is 3.33.